The standard InChI is InChI=1S/C14H20O5/c1-8(2)18-10(16)14-7-6-13(5,12(14,3)4)9(15)19-11(14)17/h8H,6-7H2,1-5H3/t13-,14-/m0/s1. The summed E-state index contributed by atoms with van der Waals surface area (Å²) >= 11 is 0. The van der Waals surface area contributed by atoms with E-state index in [0.29, 0.717) is 12.8 Å². The number of hydrogen-bond donors (Lipinski definition) is 0. The van der Waals surface area contributed by atoms with Crippen LogP contribution >= 0.6 is 0 Å². The van der Waals surface area contributed by atoms with Gasteiger partial charge in [0.2, 0.25) is 0 Å². The topological polar surface area (TPSA) is 69.7 Å². The second-order valence-electron chi connectivity index (χ2n) is 6.49. The highest BCUT2D eigenvalue weighted by atomic mass is 16.6. The summed E-state index contributed by atoms with van der Waals surface area (Å²) in [5, 5.41) is 0. The summed E-state index contributed by atoms with van der Waals surface area (Å²) in [6.07, 6.45) is 0.444. The molecule has 2 aliphatic rings. The SMILES string of the molecule is CC(C)OC(=O)[C@@]12CC[C@@](C)(C(=O)OC1=O)C2(C)C. The lowest BCUT2D eigenvalue weighted by Gasteiger charge is -2.47. The van der Waals surface area contributed by atoms with Crippen molar-refractivity contribution < 1.29 is 23.9 Å². The van der Waals surface area contributed by atoms with Gasteiger partial charge in [0.05, 0.1) is 11.5 Å². The molecule has 106 valence electrons. The smallest absolute Gasteiger partial charge is 0.331 e. The van der Waals surface area contributed by atoms with Crippen LogP contribution in [-0.2, 0) is 23.9 Å². The van der Waals surface area contributed by atoms with Crippen LogP contribution in [0, 0.1) is 16.2 Å². The maximum atomic E-state index is 12.4. The first-order valence-corrected chi connectivity index (χ1v) is 6.57. The Kier molecular flexibility index (Phi) is 2.81. The van der Waals surface area contributed by atoms with E-state index in [2.05, 4.69) is 0 Å². The number of rotatable bonds is 2. The van der Waals surface area contributed by atoms with Gasteiger partial charge in [-0.25, -0.2) is 0 Å². The second kappa shape index (κ2) is 3.81. The molecule has 2 bridgehead atoms. The Hall–Kier alpha value is -1.39. The van der Waals surface area contributed by atoms with Crippen molar-refractivity contribution in [2.24, 2.45) is 16.2 Å². The minimum Gasteiger partial charge on any atom is -0.462 e. The Bertz CT molecular complexity index is 464. The summed E-state index contributed by atoms with van der Waals surface area (Å²) in [4.78, 5) is 36.6. The van der Waals surface area contributed by atoms with E-state index in [0.717, 1.165) is 0 Å². The highest BCUT2D eigenvalue weighted by Crippen LogP contribution is 2.66. The molecule has 0 aromatic rings. The van der Waals surface area contributed by atoms with E-state index in [1.165, 1.54) is 0 Å². The van der Waals surface area contributed by atoms with Crippen molar-refractivity contribution in [2.75, 3.05) is 0 Å². The molecule has 1 aliphatic heterocycles. The van der Waals surface area contributed by atoms with Crippen LogP contribution in [0.1, 0.15) is 47.5 Å². The molecular weight excluding hydrogens is 248 g/mol. The third kappa shape index (κ3) is 1.44. The van der Waals surface area contributed by atoms with Crippen molar-refractivity contribution in [3.8, 4) is 0 Å². The Morgan fingerprint density at radius 3 is 2.26 bits per heavy atom. The molecule has 2 rings (SSSR count). The van der Waals surface area contributed by atoms with Crippen LogP contribution < -0.4 is 0 Å². The number of fused-ring (bicyclic) bond motifs is 2. The molecule has 1 saturated heterocycles. The quantitative estimate of drug-likeness (QED) is 0.564. The van der Waals surface area contributed by atoms with Crippen LogP contribution in [0.25, 0.3) is 0 Å². The van der Waals surface area contributed by atoms with Gasteiger partial charge in [0.25, 0.3) is 0 Å². The van der Waals surface area contributed by atoms with E-state index < -0.39 is 34.2 Å². The minimum atomic E-state index is -1.36. The summed E-state index contributed by atoms with van der Waals surface area (Å²) < 4.78 is 10.1. The highest BCUT2D eigenvalue weighted by Gasteiger charge is 2.76. The van der Waals surface area contributed by atoms with Gasteiger partial charge in [0, 0.05) is 5.41 Å². The Morgan fingerprint density at radius 2 is 1.74 bits per heavy atom. The lowest BCUT2D eigenvalue weighted by molar-refractivity contribution is -0.204. The first-order valence-electron chi connectivity index (χ1n) is 6.57. The molecule has 0 amide bonds. The number of ether oxygens (including phenoxy) is 2. The van der Waals surface area contributed by atoms with Gasteiger partial charge in [-0.05, 0) is 33.6 Å². The van der Waals surface area contributed by atoms with Crippen LogP contribution in [0.4, 0.5) is 0 Å². The zero-order chi connectivity index (χ0) is 14.6. The predicted molar refractivity (Wildman–Crippen MR) is 65.9 cm³/mol. The van der Waals surface area contributed by atoms with E-state index >= 15 is 0 Å². The van der Waals surface area contributed by atoms with E-state index in [-0.39, 0.29) is 6.10 Å². The van der Waals surface area contributed by atoms with Gasteiger partial charge in [-0.2, -0.15) is 0 Å². The molecule has 1 saturated carbocycles. The molecule has 5 heteroatoms. The Morgan fingerprint density at radius 1 is 1.16 bits per heavy atom. The zero-order valence-corrected chi connectivity index (χ0v) is 12.0. The fraction of sp³-hybridized carbons (Fsp3) is 0.786. The summed E-state index contributed by atoms with van der Waals surface area (Å²) in [5.74, 6) is -1.87. The average molecular weight is 268 g/mol. The van der Waals surface area contributed by atoms with Gasteiger partial charge in [-0.3, -0.25) is 14.4 Å². The molecule has 0 N–H and O–H groups in total. The second-order valence-corrected chi connectivity index (χ2v) is 6.49. The Balaban J connectivity index is 2.53. The number of cyclic esters (lactones) is 2. The highest BCUT2D eigenvalue weighted by molar-refractivity contribution is 6.09. The fourth-order valence-corrected chi connectivity index (χ4v) is 3.29. The van der Waals surface area contributed by atoms with E-state index in [4.69, 9.17) is 9.47 Å². The number of hydrogen-bond acceptors (Lipinski definition) is 5. The molecule has 2 atom stereocenters. The van der Waals surface area contributed by atoms with Crippen LogP contribution in [0.5, 0.6) is 0 Å². The molecular formula is C14H20O5. The molecule has 2 fully saturated rings. The summed E-state index contributed by atoms with van der Waals surface area (Å²) in [7, 11) is 0. The first kappa shape index (κ1) is 14.0. The van der Waals surface area contributed by atoms with Gasteiger partial charge >= 0.3 is 17.9 Å². The van der Waals surface area contributed by atoms with Crippen molar-refractivity contribution in [1.29, 1.82) is 0 Å². The van der Waals surface area contributed by atoms with Crippen LogP contribution in [0.15, 0.2) is 0 Å². The van der Waals surface area contributed by atoms with E-state index in [1.807, 2.05) is 0 Å². The van der Waals surface area contributed by atoms with Crippen LogP contribution in [-0.4, -0.2) is 24.0 Å². The maximum Gasteiger partial charge on any atom is 0.331 e. The number of carbonyl (C=O) groups is 3. The third-order valence-corrected chi connectivity index (χ3v) is 5.12. The maximum absolute atomic E-state index is 12.4. The molecule has 1 heterocycles. The number of carbonyl (C=O) groups excluding carboxylic acids is 3. The third-order valence-electron chi connectivity index (χ3n) is 5.12. The summed E-state index contributed by atoms with van der Waals surface area (Å²) in [6.45, 7) is 8.77. The van der Waals surface area contributed by atoms with Crippen LogP contribution in [0.3, 0.4) is 0 Å². The van der Waals surface area contributed by atoms with Gasteiger partial charge in [-0.1, -0.05) is 13.8 Å². The minimum absolute atomic E-state index is 0.298. The number of esters is 3. The van der Waals surface area contributed by atoms with Gasteiger partial charge in [-0.15, -0.1) is 0 Å². The van der Waals surface area contributed by atoms with E-state index in [1.54, 1.807) is 34.6 Å². The molecule has 5 nitrogen and oxygen atoms in total. The Labute approximate surface area is 112 Å². The first-order chi connectivity index (χ1) is 8.59. The van der Waals surface area contributed by atoms with Gasteiger partial charge < -0.3 is 9.47 Å². The molecule has 0 aromatic carbocycles. The normalized spacial score (nSPS) is 36.3. The predicted octanol–water partition coefficient (Wildman–Crippen LogP) is 1.83. The lowest BCUT2D eigenvalue weighted by Crippen LogP contribution is -2.60. The summed E-state index contributed by atoms with van der Waals surface area (Å²) in [5.41, 5.74) is -2.99. The average Bonchev–Trinajstić information content (AvgIpc) is 2.40. The van der Waals surface area contributed by atoms with Crippen molar-refractivity contribution in [3.63, 3.8) is 0 Å². The molecule has 19 heavy (non-hydrogen) atoms. The zero-order valence-electron chi connectivity index (χ0n) is 12.0. The van der Waals surface area contributed by atoms with Gasteiger partial charge in [0.1, 0.15) is 0 Å². The molecule has 0 aromatic heterocycles. The molecule has 0 spiro atoms. The molecule has 0 radical (unpaired) electrons. The largest absolute Gasteiger partial charge is 0.462 e. The molecule has 0 unspecified atom stereocenters. The van der Waals surface area contributed by atoms with Gasteiger partial charge in [0.15, 0.2) is 5.41 Å². The fourth-order valence-electron chi connectivity index (χ4n) is 3.29. The van der Waals surface area contributed by atoms with Crippen molar-refractivity contribution in [3.05, 3.63) is 0 Å². The van der Waals surface area contributed by atoms with Crippen molar-refractivity contribution >= 4 is 17.9 Å². The lowest BCUT2D eigenvalue weighted by atomic mass is 9.57. The van der Waals surface area contributed by atoms with Crippen molar-refractivity contribution in [2.45, 2.75) is 53.6 Å². The van der Waals surface area contributed by atoms with Crippen LogP contribution in [0.2, 0.25) is 0 Å². The summed E-state index contributed by atoms with van der Waals surface area (Å²) in [6, 6.07) is 0. The molecule has 1 aliphatic carbocycles. The monoisotopic (exact) mass is 268 g/mol. The van der Waals surface area contributed by atoms with E-state index in [9.17, 15) is 14.4 Å². The van der Waals surface area contributed by atoms with Crippen molar-refractivity contribution in [1.82, 2.24) is 0 Å².